The van der Waals surface area contributed by atoms with Gasteiger partial charge in [0.2, 0.25) is 5.95 Å². The number of halogens is 4. The van der Waals surface area contributed by atoms with Crippen molar-refractivity contribution in [3.8, 4) is 0 Å². The van der Waals surface area contributed by atoms with Gasteiger partial charge in [0.15, 0.2) is 4.47 Å². The second kappa shape index (κ2) is 6.33. The average Bonchev–Trinajstić information content (AvgIpc) is 3.02. The van der Waals surface area contributed by atoms with E-state index < -0.39 is 12.2 Å². The summed E-state index contributed by atoms with van der Waals surface area (Å²) in [5, 5.41) is 0. The third-order valence-corrected chi connectivity index (χ3v) is 6.53. The quantitative estimate of drug-likeness (QED) is 0.636. The van der Waals surface area contributed by atoms with Crippen LogP contribution >= 0.6 is 22.9 Å². The zero-order valence-corrected chi connectivity index (χ0v) is 16.0. The summed E-state index contributed by atoms with van der Waals surface area (Å²) in [6, 6.07) is -0.699. The molecule has 0 amide bonds. The third-order valence-electron chi connectivity index (χ3n) is 5.37. The fraction of sp³-hybridized carbons (Fsp3) is 0.562. The average molecular weight is 434 g/mol. The molecule has 0 saturated carbocycles. The van der Waals surface area contributed by atoms with Crippen molar-refractivity contribution in [1.29, 1.82) is 0 Å². The van der Waals surface area contributed by atoms with Crippen molar-refractivity contribution in [2.45, 2.75) is 37.8 Å². The van der Waals surface area contributed by atoms with E-state index in [9.17, 15) is 18.0 Å². The Labute approximate surface area is 166 Å². The summed E-state index contributed by atoms with van der Waals surface area (Å²) in [7, 11) is 0. The first-order valence-electron chi connectivity index (χ1n) is 8.77. The molecule has 3 aliphatic rings. The van der Waals surface area contributed by atoms with Gasteiger partial charge in [-0.2, -0.15) is 18.2 Å². The molecule has 0 aromatic carbocycles. The zero-order chi connectivity index (χ0) is 19.6. The lowest BCUT2D eigenvalue weighted by molar-refractivity contribution is -0.153. The van der Waals surface area contributed by atoms with Crippen LogP contribution in [0.2, 0.25) is 4.47 Å². The summed E-state index contributed by atoms with van der Waals surface area (Å²) in [5.41, 5.74) is 0.233. The number of nitrogens with zero attached hydrogens (tertiary/aromatic N) is 5. The number of rotatable bonds is 0. The number of anilines is 2. The molecular weight excluding hydrogens is 419 g/mol. The lowest BCUT2D eigenvalue weighted by Gasteiger charge is -2.39. The predicted octanol–water partition coefficient (Wildman–Crippen LogP) is 2.59. The van der Waals surface area contributed by atoms with E-state index in [-0.39, 0.29) is 41.5 Å². The molecule has 5 rings (SSSR count). The number of morpholine rings is 1. The molecule has 0 spiro atoms. The summed E-state index contributed by atoms with van der Waals surface area (Å²) < 4.78 is 48.5. The number of ether oxygens (including phenoxy) is 1. The number of thiazole rings is 1. The maximum Gasteiger partial charge on any atom is 0.408 e. The van der Waals surface area contributed by atoms with E-state index in [0.717, 1.165) is 11.3 Å². The largest absolute Gasteiger partial charge is 0.408 e. The monoisotopic (exact) mass is 433 g/mol. The Morgan fingerprint density at radius 3 is 2.86 bits per heavy atom. The molecule has 1 fully saturated rings. The van der Waals surface area contributed by atoms with E-state index in [1.807, 2.05) is 4.90 Å². The highest BCUT2D eigenvalue weighted by Crippen LogP contribution is 2.41. The molecule has 7 nitrogen and oxygen atoms in total. The molecule has 12 heteroatoms. The molecule has 2 aromatic rings. The van der Waals surface area contributed by atoms with Gasteiger partial charge in [-0.1, -0.05) is 11.6 Å². The Morgan fingerprint density at radius 2 is 2.07 bits per heavy atom. The van der Waals surface area contributed by atoms with Gasteiger partial charge in [0.05, 0.1) is 36.4 Å². The van der Waals surface area contributed by atoms with Crippen molar-refractivity contribution < 1.29 is 17.9 Å². The summed E-state index contributed by atoms with van der Waals surface area (Å²) in [5.74, 6) is 0.382. The number of hydrogen-bond donors (Lipinski definition) is 0. The molecule has 0 unspecified atom stereocenters. The Kier molecular flexibility index (Phi) is 4.11. The van der Waals surface area contributed by atoms with Gasteiger partial charge in [-0.3, -0.25) is 9.36 Å². The van der Waals surface area contributed by atoms with Crippen LogP contribution in [0.5, 0.6) is 0 Å². The number of aromatic nitrogens is 3. The van der Waals surface area contributed by atoms with Gasteiger partial charge in [-0.15, -0.1) is 11.3 Å². The van der Waals surface area contributed by atoms with Crippen LogP contribution in [0.15, 0.2) is 10.9 Å². The van der Waals surface area contributed by atoms with E-state index in [2.05, 4.69) is 9.97 Å². The minimum atomic E-state index is -4.45. The van der Waals surface area contributed by atoms with Crippen LogP contribution in [0.1, 0.15) is 23.0 Å². The molecule has 0 aliphatic carbocycles. The molecule has 150 valence electrons. The molecule has 2 aromatic heterocycles. The molecular formula is C16H15ClF3N5O2S. The predicted molar refractivity (Wildman–Crippen MR) is 97.2 cm³/mol. The van der Waals surface area contributed by atoms with Crippen LogP contribution in [0.3, 0.4) is 0 Å². The Balaban J connectivity index is 1.76. The van der Waals surface area contributed by atoms with E-state index in [4.69, 9.17) is 16.3 Å². The molecule has 2 atom stereocenters. The van der Waals surface area contributed by atoms with Crippen LogP contribution in [0.4, 0.5) is 24.9 Å². The van der Waals surface area contributed by atoms with Crippen molar-refractivity contribution in [2.24, 2.45) is 0 Å². The van der Waals surface area contributed by atoms with Crippen molar-refractivity contribution in [2.75, 3.05) is 29.6 Å². The molecule has 5 heterocycles. The van der Waals surface area contributed by atoms with Crippen LogP contribution in [0, 0.1) is 0 Å². The molecule has 3 aliphatic heterocycles. The second-order valence-electron chi connectivity index (χ2n) is 6.94. The number of alkyl halides is 3. The van der Waals surface area contributed by atoms with Crippen molar-refractivity contribution >= 4 is 34.7 Å². The summed E-state index contributed by atoms with van der Waals surface area (Å²) in [4.78, 5) is 25.2. The Hall–Kier alpha value is -1.85. The molecule has 1 saturated heterocycles. The van der Waals surface area contributed by atoms with Crippen LogP contribution in [-0.4, -0.2) is 46.5 Å². The minimum absolute atomic E-state index is 0.0229. The van der Waals surface area contributed by atoms with Gasteiger partial charge in [0, 0.05) is 19.2 Å². The summed E-state index contributed by atoms with van der Waals surface area (Å²) in [6.45, 7) is 1.10. The van der Waals surface area contributed by atoms with Gasteiger partial charge in [0.1, 0.15) is 11.9 Å². The van der Waals surface area contributed by atoms with Gasteiger partial charge in [-0.25, -0.2) is 4.98 Å². The standard InChI is InChI=1S/C16H15ClF3N5O2S/c17-14-22-13-8-7-27-4-3-23(8)11-5-12(26)24-2-1-10(16(18,19)20)25(15(24)21-11)6-9(13)28-14/h5,8,10H,1-4,6-7H2/t8-,10-/m0/s1. The summed E-state index contributed by atoms with van der Waals surface area (Å²) in [6.07, 6.45) is -4.66. The Morgan fingerprint density at radius 1 is 1.25 bits per heavy atom. The first-order chi connectivity index (χ1) is 13.3. The highest BCUT2D eigenvalue weighted by Gasteiger charge is 2.48. The van der Waals surface area contributed by atoms with Gasteiger partial charge in [0.25, 0.3) is 5.56 Å². The van der Waals surface area contributed by atoms with E-state index >= 15 is 0 Å². The lowest BCUT2D eigenvalue weighted by Crippen LogP contribution is -2.52. The van der Waals surface area contributed by atoms with E-state index in [1.165, 1.54) is 15.5 Å². The first-order valence-corrected chi connectivity index (χ1v) is 9.97. The van der Waals surface area contributed by atoms with Crippen molar-refractivity contribution in [3.63, 3.8) is 0 Å². The van der Waals surface area contributed by atoms with Crippen molar-refractivity contribution in [1.82, 2.24) is 14.5 Å². The molecule has 2 bridgehead atoms. The minimum Gasteiger partial charge on any atom is -0.377 e. The summed E-state index contributed by atoms with van der Waals surface area (Å²) >= 11 is 7.29. The maximum absolute atomic E-state index is 13.8. The third kappa shape index (κ3) is 2.79. The first kappa shape index (κ1) is 18.2. The molecule has 0 radical (unpaired) electrons. The van der Waals surface area contributed by atoms with Gasteiger partial charge < -0.3 is 14.5 Å². The second-order valence-corrected chi connectivity index (χ2v) is 8.60. The van der Waals surface area contributed by atoms with Crippen LogP contribution in [0.25, 0.3) is 0 Å². The highest BCUT2D eigenvalue weighted by molar-refractivity contribution is 7.15. The zero-order valence-electron chi connectivity index (χ0n) is 14.4. The van der Waals surface area contributed by atoms with Gasteiger partial charge in [-0.05, 0) is 6.42 Å². The fourth-order valence-corrected chi connectivity index (χ4v) is 5.30. The normalized spacial score (nSPS) is 24.1. The van der Waals surface area contributed by atoms with Gasteiger partial charge >= 0.3 is 6.18 Å². The van der Waals surface area contributed by atoms with Crippen LogP contribution in [-0.2, 0) is 17.8 Å². The lowest BCUT2D eigenvalue weighted by atomic mass is 10.1. The number of hydrogen-bond acceptors (Lipinski definition) is 7. The topological polar surface area (TPSA) is 63.5 Å². The molecule has 0 N–H and O–H groups in total. The SMILES string of the molecule is O=c1cc2nc3n1CC[C@@H](C(F)(F)F)N3Cc1sc(Cl)nc1[C@@H]1COCCN21. The smallest absolute Gasteiger partial charge is 0.377 e. The number of fused-ring (bicyclic) bond motifs is 5. The van der Waals surface area contributed by atoms with Crippen molar-refractivity contribution in [3.05, 3.63) is 31.5 Å². The highest BCUT2D eigenvalue weighted by atomic mass is 35.5. The molecule has 28 heavy (non-hydrogen) atoms. The van der Waals surface area contributed by atoms with E-state index in [0.29, 0.717) is 36.1 Å². The Bertz CT molecular complexity index is 994. The van der Waals surface area contributed by atoms with Crippen LogP contribution < -0.4 is 15.4 Å². The fourth-order valence-electron chi connectivity index (χ4n) is 4.09. The van der Waals surface area contributed by atoms with E-state index in [1.54, 1.807) is 0 Å². The maximum atomic E-state index is 13.8.